The van der Waals surface area contributed by atoms with Gasteiger partial charge in [-0.1, -0.05) is 6.07 Å². The maximum atomic E-state index is 11.5. The van der Waals surface area contributed by atoms with Crippen LogP contribution in [0, 0.1) is 12.3 Å². The first-order chi connectivity index (χ1) is 8.40. The Hall–Kier alpha value is -1.75. The normalized spacial score (nSPS) is 10.9. The highest BCUT2D eigenvalue weighted by atomic mass is 16.5. The molecule has 5 nitrogen and oxygen atoms in total. The Morgan fingerprint density at radius 2 is 2.06 bits per heavy atom. The van der Waals surface area contributed by atoms with Gasteiger partial charge < -0.3 is 9.47 Å². The van der Waals surface area contributed by atoms with Gasteiger partial charge >= 0.3 is 0 Å². The summed E-state index contributed by atoms with van der Waals surface area (Å²) in [7, 11) is 1.58. The molecule has 0 radical (unpaired) electrons. The Kier molecular flexibility index (Phi) is 4.55. The first-order valence-corrected chi connectivity index (χ1v) is 5.69. The second kappa shape index (κ2) is 5.73. The SMILES string of the molecule is COc1cc(C)ccc1OCC(C)(C)C(=O)NN. The van der Waals surface area contributed by atoms with Crippen molar-refractivity contribution in [2.45, 2.75) is 20.8 Å². The fourth-order valence-corrected chi connectivity index (χ4v) is 1.41. The number of amides is 1. The number of carbonyl (C=O) groups is 1. The van der Waals surface area contributed by atoms with Crippen LogP contribution in [-0.2, 0) is 4.79 Å². The van der Waals surface area contributed by atoms with Gasteiger partial charge in [0, 0.05) is 0 Å². The Labute approximate surface area is 107 Å². The summed E-state index contributed by atoms with van der Waals surface area (Å²) in [5, 5.41) is 0. The molecule has 0 spiro atoms. The summed E-state index contributed by atoms with van der Waals surface area (Å²) in [6.07, 6.45) is 0. The second-order valence-corrected chi connectivity index (χ2v) is 4.80. The molecule has 0 saturated carbocycles. The number of carbonyl (C=O) groups excluding carboxylic acids is 1. The number of ether oxygens (including phenoxy) is 2. The minimum absolute atomic E-state index is 0.218. The maximum absolute atomic E-state index is 11.5. The molecule has 18 heavy (non-hydrogen) atoms. The molecule has 0 fully saturated rings. The van der Waals surface area contributed by atoms with E-state index in [-0.39, 0.29) is 12.5 Å². The molecule has 0 saturated heterocycles. The Balaban J connectivity index is 2.77. The van der Waals surface area contributed by atoms with Crippen LogP contribution in [0.15, 0.2) is 18.2 Å². The molecule has 0 heterocycles. The van der Waals surface area contributed by atoms with Crippen LogP contribution in [0.2, 0.25) is 0 Å². The van der Waals surface area contributed by atoms with E-state index in [1.165, 1.54) is 0 Å². The summed E-state index contributed by atoms with van der Waals surface area (Å²) in [5.41, 5.74) is 2.51. The number of aryl methyl sites for hydroxylation is 1. The number of hydrogen-bond donors (Lipinski definition) is 2. The molecule has 0 atom stereocenters. The van der Waals surface area contributed by atoms with Crippen molar-refractivity contribution < 1.29 is 14.3 Å². The number of methoxy groups -OCH3 is 1. The first kappa shape index (κ1) is 14.3. The molecule has 1 aromatic carbocycles. The molecular formula is C13H20N2O3. The van der Waals surface area contributed by atoms with Crippen LogP contribution < -0.4 is 20.7 Å². The summed E-state index contributed by atoms with van der Waals surface area (Å²) < 4.78 is 10.9. The van der Waals surface area contributed by atoms with Gasteiger partial charge in [-0.3, -0.25) is 10.2 Å². The van der Waals surface area contributed by atoms with Crippen LogP contribution in [0.4, 0.5) is 0 Å². The van der Waals surface area contributed by atoms with Gasteiger partial charge in [0.25, 0.3) is 0 Å². The van der Waals surface area contributed by atoms with Gasteiger partial charge in [-0.05, 0) is 38.5 Å². The molecule has 0 bridgehead atoms. The predicted molar refractivity (Wildman–Crippen MR) is 69.3 cm³/mol. The lowest BCUT2D eigenvalue weighted by Crippen LogP contribution is -2.44. The zero-order chi connectivity index (χ0) is 13.8. The predicted octanol–water partition coefficient (Wildman–Crippen LogP) is 1.40. The van der Waals surface area contributed by atoms with Crippen LogP contribution in [0.1, 0.15) is 19.4 Å². The third-order valence-corrected chi connectivity index (χ3v) is 2.65. The minimum Gasteiger partial charge on any atom is -0.493 e. The van der Waals surface area contributed by atoms with E-state index >= 15 is 0 Å². The zero-order valence-electron chi connectivity index (χ0n) is 11.2. The van der Waals surface area contributed by atoms with Gasteiger partial charge in [-0.25, -0.2) is 5.84 Å². The smallest absolute Gasteiger partial charge is 0.242 e. The van der Waals surface area contributed by atoms with Crippen molar-refractivity contribution in [2.24, 2.45) is 11.3 Å². The molecule has 1 rings (SSSR count). The summed E-state index contributed by atoms with van der Waals surface area (Å²) in [5.74, 6) is 6.12. The highest BCUT2D eigenvalue weighted by molar-refractivity contribution is 5.81. The van der Waals surface area contributed by atoms with E-state index in [2.05, 4.69) is 5.43 Å². The van der Waals surface area contributed by atoms with Gasteiger partial charge in [0.05, 0.1) is 12.5 Å². The van der Waals surface area contributed by atoms with E-state index in [1.54, 1.807) is 21.0 Å². The van der Waals surface area contributed by atoms with Crippen molar-refractivity contribution >= 4 is 5.91 Å². The zero-order valence-corrected chi connectivity index (χ0v) is 11.2. The fourth-order valence-electron chi connectivity index (χ4n) is 1.41. The minimum atomic E-state index is -0.704. The van der Waals surface area contributed by atoms with Crippen LogP contribution in [0.3, 0.4) is 0 Å². The summed E-state index contributed by atoms with van der Waals surface area (Å²) in [6.45, 7) is 5.71. The number of benzene rings is 1. The summed E-state index contributed by atoms with van der Waals surface area (Å²) in [6, 6.07) is 5.63. The molecule has 0 aliphatic rings. The highest BCUT2D eigenvalue weighted by Crippen LogP contribution is 2.29. The highest BCUT2D eigenvalue weighted by Gasteiger charge is 2.28. The number of nitrogens with one attached hydrogen (secondary N) is 1. The quantitative estimate of drug-likeness (QED) is 0.472. The molecule has 5 heteroatoms. The van der Waals surface area contributed by atoms with Gasteiger partial charge in [0.1, 0.15) is 6.61 Å². The number of hydrogen-bond acceptors (Lipinski definition) is 4. The molecular weight excluding hydrogens is 232 g/mol. The van der Waals surface area contributed by atoms with Crippen molar-refractivity contribution in [3.8, 4) is 11.5 Å². The molecule has 0 unspecified atom stereocenters. The molecule has 3 N–H and O–H groups in total. The molecule has 0 aliphatic carbocycles. The lowest BCUT2D eigenvalue weighted by Gasteiger charge is -2.23. The fraction of sp³-hybridized carbons (Fsp3) is 0.462. The van der Waals surface area contributed by atoms with Crippen molar-refractivity contribution in [2.75, 3.05) is 13.7 Å². The third-order valence-electron chi connectivity index (χ3n) is 2.65. The van der Waals surface area contributed by atoms with Gasteiger partial charge in [0.2, 0.25) is 5.91 Å². The Morgan fingerprint density at radius 1 is 1.39 bits per heavy atom. The van der Waals surface area contributed by atoms with E-state index < -0.39 is 5.41 Å². The second-order valence-electron chi connectivity index (χ2n) is 4.80. The van der Waals surface area contributed by atoms with E-state index in [0.29, 0.717) is 11.5 Å². The Morgan fingerprint density at radius 3 is 2.61 bits per heavy atom. The monoisotopic (exact) mass is 252 g/mol. The lowest BCUT2D eigenvalue weighted by molar-refractivity contribution is -0.130. The van der Waals surface area contributed by atoms with Crippen molar-refractivity contribution in [1.29, 1.82) is 0 Å². The van der Waals surface area contributed by atoms with Crippen molar-refractivity contribution in [3.63, 3.8) is 0 Å². The molecule has 1 aromatic rings. The number of rotatable bonds is 5. The standard InChI is InChI=1S/C13H20N2O3/c1-9-5-6-10(11(7-9)17-4)18-8-13(2,3)12(16)15-14/h5-7H,8,14H2,1-4H3,(H,15,16). The average Bonchev–Trinajstić information content (AvgIpc) is 2.36. The average molecular weight is 252 g/mol. The van der Waals surface area contributed by atoms with Crippen LogP contribution >= 0.6 is 0 Å². The van der Waals surface area contributed by atoms with Crippen molar-refractivity contribution in [3.05, 3.63) is 23.8 Å². The first-order valence-electron chi connectivity index (χ1n) is 5.69. The molecule has 1 amide bonds. The molecule has 0 aliphatic heterocycles. The summed E-state index contributed by atoms with van der Waals surface area (Å²) in [4.78, 5) is 11.5. The maximum Gasteiger partial charge on any atom is 0.242 e. The third kappa shape index (κ3) is 3.37. The lowest BCUT2D eigenvalue weighted by atomic mass is 9.94. The molecule has 100 valence electrons. The molecule has 0 aromatic heterocycles. The van der Waals surface area contributed by atoms with E-state index in [9.17, 15) is 4.79 Å². The van der Waals surface area contributed by atoms with Gasteiger partial charge in [0.15, 0.2) is 11.5 Å². The van der Waals surface area contributed by atoms with Crippen LogP contribution in [0.5, 0.6) is 11.5 Å². The van der Waals surface area contributed by atoms with E-state index in [4.69, 9.17) is 15.3 Å². The van der Waals surface area contributed by atoms with Gasteiger partial charge in [-0.15, -0.1) is 0 Å². The number of nitrogens with two attached hydrogens (primary N) is 1. The summed E-state index contributed by atoms with van der Waals surface area (Å²) >= 11 is 0. The van der Waals surface area contributed by atoms with Gasteiger partial charge in [-0.2, -0.15) is 0 Å². The van der Waals surface area contributed by atoms with Crippen molar-refractivity contribution in [1.82, 2.24) is 5.43 Å². The Bertz CT molecular complexity index is 430. The largest absolute Gasteiger partial charge is 0.493 e. The topological polar surface area (TPSA) is 73.6 Å². The van der Waals surface area contributed by atoms with Crippen LogP contribution in [-0.4, -0.2) is 19.6 Å². The van der Waals surface area contributed by atoms with E-state index in [0.717, 1.165) is 5.56 Å². The van der Waals surface area contributed by atoms with E-state index in [1.807, 2.05) is 25.1 Å². The van der Waals surface area contributed by atoms with Crippen LogP contribution in [0.25, 0.3) is 0 Å². The number of hydrazine groups is 1.